The number of halogens is 1. The Hall–Kier alpha value is 1.15. The molecule has 0 spiro atoms. The number of unbranched alkanes of at least 4 members (excludes halogenated alkanes) is 10. The molecule has 0 saturated carbocycles. The Morgan fingerprint density at radius 2 is 1.48 bits per heavy atom. The second-order valence-corrected chi connectivity index (χ2v) is 7.07. The van der Waals surface area contributed by atoms with Crippen molar-refractivity contribution in [3.8, 4) is 0 Å². The van der Waals surface area contributed by atoms with Gasteiger partial charge >= 0.3 is 59.1 Å². The van der Waals surface area contributed by atoms with Crippen molar-refractivity contribution >= 4 is 23.4 Å². The average Bonchev–Trinajstić information content (AvgIpc) is 3.07. The van der Waals surface area contributed by atoms with Gasteiger partial charge in [0.1, 0.15) is 0 Å². The molecule has 9 heteroatoms. The van der Waals surface area contributed by atoms with Gasteiger partial charge in [-0.3, -0.25) is 4.99 Å². The van der Waals surface area contributed by atoms with Crippen LogP contribution in [-0.4, -0.2) is 59.4 Å². The third-order valence-corrected chi connectivity index (χ3v) is 4.73. The number of carbonyl (C=O) groups excluding carboxylic acids is 1. The number of hydrogen-bond acceptors (Lipinski definition) is 6. The van der Waals surface area contributed by atoms with Crippen molar-refractivity contribution in [3.05, 3.63) is 0 Å². The zero-order valence-corrected chi connectivity index (χ0v) is 23.8. The summed E-state index contributed by atoms with van der Waals surface area (Å²) in [4.78, 5) is 15.9. The molecule has 0 amide bonds. The summed E-state index contributed by atoms with van der Waals surface area (Å²) in [5.74, 6) is -0.411. The van der Waals surface area contributed by atoms with E-state index in [0.29, 0.717) is 0 Å². The number of carboxylic acid groups (broad SMARTS) is 1. The van der Waals surface area contributed by atoms with E-state index in [2.05, 4.69) is 28.4 Å². The quantitative estimate of drug-likeness (QED) is 0.164. The van der Waals surface area contributed by atoms with Crippen LogP contribution in [0.25, 0.3) is 0 Å². The van der Waals surface area contributed by atoms with Gasteiger partial charge in [-0.25, -0.2) is 0 Å². The molecule has 29 heavy (non-hydrogen) atoms. The zero-order valence-electron chi connectivity index (χ0n) is 19.0. The number of aliphatic carboxylic acids is 1. The smallest absolute Gasteiger partial charge is 0.870 e. The minimum Gasteiger partial charge on any atom is -0.870 e. The third-order valence-electron chi connectivity index (χ3n) is 4.51. The summed E-state index contributed by atoms with van der Waals surface area (Å²) in [6.07, 6.45) is 16.4. The molecule has 0 unspecified atom stereocenters. The van der Waals surface area contributed by atoms with E-state index in [-0.39, 0.29) is 71.2 Å². The molecule has 0 aromatic carbocycles. The van der Waals surface area contributed by atoms with Gasteiger partial charge in [0.25, 0.3) is 0 Å². The molecule has 1 aliphatic heterocycles. The number of aliphatic hydroxyl groups is 1. The Balaban J connectivity index is -0.000000349. The van der Waals surface area contributed by atoms with Gasteiger partial charge in [-0.2, -0.15) is 0 Å². The Morgan fingerprint density at radius 3 is 1.90 bits per heavy atom. The first kappa shape index (κ1) is 37.5. The standard InChI is InChI=1S/C18H36N2O.C2H3ClO2.2Na.H2O/c1-2-3-4-5-6-7-8-9-10-11-12-13-18-19-14-15-20(18)16-17-21;3-1-2(4)5;;;/h21H,2-17H2,1H3;1H2,(H,4,5);;;1H2/q;;2*+1;/p-2. The summed E-state index contributed by atoms with van der Waals surface area (Å²) in [5.41, 5.74) is 0. The van der Waals surface area contributed by atoms with Crippen molar-refractivity contribution in [2.75, 3.05) is 32.1 Å². The molecular formula is C20H39ClN2Na2O4. The number of hydrogen-bond donors (Lipinski definition) is 1. The van der Waals surface area contributed by atoms with Crippen LogP contribution in [0.1, 0.15) is 84.0 Å². The topological polar surface area (TPSA) is 106 Å². The fourth-order valence-corrected chi connectivity index (χ4v) is 3.07. The Morgan fingerprint density at radius 1 is 1.03 bits per heavy atom. The first-order valence-electron chi connectivity index (χ1n) is 10.3. The number of β-amino-alcohol motifs (C(OH)–C–C–N with tert-alkyl or cyclic N) is 1. The number of nitrogens with zero attached hydrogens (tertiary/aromatic N) is 2. The van der Waals surface area contributed by atoms with E-state index in [0.717, 1.165) is 26.1 Å². The molecule has 2 N–H and O–H groups in total. The van der Waals surface area contributed by atoms with E-state index in [9.17, 15) is 0 Å². The van der Waals surface area contributed by atoms with Crippen LogP contribution >= 0.6 is 11.6 Å². The summed E-state index contributed by atoms with van der Waals surface area (Å²) in [6, 6.07) is 0. The van der Waals surface area contributed by atoms with E-state index < -0.39 is 11.8 Å². The number of aliphatic hydroxyl groups excluding tert-OH is 1. The van der Waals surface area contributed by atoms with E-state index in [1.54, 1.807) is 0 Å². The molecule has 6 nitrogen and oxygen atoms in total. The molecule has 0 saturated heterocycles. The van der Waals surface area contributed by atoms with Gasteiger partial charge in [0.05, 0.1) is 30.8 Å². The summed E-state index contributed by atoms with van der Waals surface area (Å²) in [5, 5.41) is 18.1. The Labute approximate surface area is 227 Å². The van der Waals surface area contributed by atoms with Gasteiger partial charge in [0, 0.05) is 19.5 Å². The SMILES string of the molecule is CCCCCCCCCCCCCC1=NCCN1CCO.O=C([O-])CCl.[Na+].[Na+].[OH-]. The normalized spacial score (nSPS) is 12.0. The predicted molar refractivity (Wildman–Crippen MR) is 110 cm³/mol. The molecule has 0 radical (unpaired) electrons. The van der Waals surface area contributed by atoms with Crippen LogP contribution in [0.5, 0.6) is 0 Å². The maximum atomic E-state index is 9.12. The fraction of sp³-hybridized carbons (Fsp3) is 0.900. The third kappa shape index (κ3) is 25.3. The van der Waals surface area contributed by atoms with Crippen molar-refractivity contribution in [1.29, 1.82) is 0 Å². The van der Waals surface area contributed by atoms with Crippen molar-refractivity contribution in [3.63, 3.8) is 0 Å². The van der Waals surface area contributed by atoms with Gasteiger partial charge in [0.2, 0.25) is 0 Å². The van der Waals surface area contributed by atoms with Crippen LogP contribution in [0.3, 0.4) is 0 Å². The number of carbonyl (C=O) groups is 1. The molecule has 0 aromatic heterocycles. The number of rotatable bonds is 15. The van der Waals surface area contributed by atoms with Gasteiger partial charge in [-0.15, -0.1) is 11.6 Å². The van der Waals surface area contributed by atoms with Gasteiger partial charge in [-0.05, 0) is 6.42 Å². The summed E-state index contributed by atoms with van der Waals surface area (Å²) < 4.78 is 0. The summed E-state index contributed by atoms with van der Waals surface area (Å²) >= 11 is 4.67. The average molecular weight is 453 g/mol. The predicted octanol–water partition coefficient (Wildman–Crippen LogP) is -2.80. The Kier molecular flexibility index (Phi) is 37.7. The molecular weight excluding hydrogens is 414 g/mol. The van der Waals surface area contributed by atoms with Crippen LogP contribution in [-0.2, 0) is 4.79 Å². The molecule has 0 atom stereocenters. The molecule has 162 valence electrons. The van der Waals surface area contributed by atoms with Gasteiger partial charge in [0.15, 0.2) is 0 Å². The minimum absolute atomic E-state index is 0. The van der Waals surface area contributed by atoms with Crippen molar-refractivity contribution in [1.82, 2.24) is 4.90 Å². The monoisotopic (exact) mass is 452 g/mol. The zero-order chi connectivity index (χ0) is 19.5. The number of amidine groups is 1. The molecule has 0 bridgehead atoms. The van der Waals surface area contributed by atoms with Crippen LogP contribution in [0, 0.1) is 0 Å². The van der Waals surface area contributed by atoms with E-state index in [4.69, 9.17) is 15.0 Å². The van der Waals surface area contributed by atoms with Crippen LogP contribution in [0.2, 0.25) is 0 Å². The maximum Gasteiger partial charge on any atom is 1.00 e. The molecule has 0 fully saturated rings. The first-order chi connectivity index (χ1) is 12.7. The van der Waals surface area contributed by atoms with Crippen LogP contribution < -0.4 is 64.2 Å². The molecule has 1 heterocycles. The second kappa shape index (κ2) is 29.1. The molecule has 1 aliphatic rings. The van der Waals surface area contributed by atoms with Crippen molar-refractivity contribution < 1.29 is 79.6 Å². The Bertz CT molecular complexity index is 378. The van der Waals surface area contributed by atoms with Crippen LogP contribution in [0.4, 0.5) is 0 Å². The first-order valence-corrected chi connectivity index (χ1v) is 10.8. The van der Waals surface area contributed by atoms with Gasteiger partial charge < -0.3 is 25.4 Å². The van der Waals surface area contributed by atoms with E-state index >= 15 is 0 Å². The molecule has 0 aliphatic carbocycles. The minimum atomic E-state index is -1.23. The largest absolute Gasteiger partial charge is 1.00 e. The summed E-state index contributed by atoms with van der Waals surface area (Å²) in [6.45, 7) is 5.22. The number of aliphatic imine (C=N–C) groups is 1. The van der Waals surface area contributed by atoms with Crippen molar-refractivity contribution in [2.45, 2.75) is 84.0 Å². The number of carboxylic acids is 1. The van der Waals surface area contributed by atoms with Gasteiger partial charge in [-0.1, -0.05) is 71.1 Å². The van der Waals surface area contributed by atoms with Crippen LogP contribution in [0.15, 0.2) is 4.99 Å². The van der Waals surface area contributed by atoms with Crippen molar-refractivity contribution in [2.24, 2.45) is 4.99 Å². The van der Waals surface area contributed by atoms with E-state index in [1.807, 2.05) is 0 Å². The number of alkyl halides is 1. The second-order valence-electron chi connectivity index (χ2n) is 6.80. The summed E-state index contributed by atoms with van der Waals surface area (Å²) in [7, 11) is 0. The maximum absolute atomic E-state index is 9.12. The van der Waals surface area contributed by atoms with E-state index in [1.165, 1.54) is 76.5 Å². The molecule has 1 rings (SSSR count). The molecule has 0 aromatic rings. The fourth-order valence-electron chi connectivity index (χ4n) is 3.07.